The van der Waals surface area contributed by atoms with Gasteiger partial charge in [0, 0.05) is 16.8 Å². The van der Waals surface area contributed by atoms with Gasteiger partial charge in [0.05, 0.1) is 0 Å². The van der Waals surface area contributed by atoms with E-state index >= 15 is 0 Å². The van der Waals surface area contributed by atoms with E-state index in [1.165, 1.54) is 0 Å². The van der Waals surface area contributed by atoms with E-state index in [0.29, 0.717) is 17.2 Å². The molecule has 1 aliphatic rings. The quantitative estimate of drug-likeness (QED) is 0.467. The van der Waals surface area contributed by atoms with Crippen LogP contribution >= 0.6 is 0 Å². The average Bonchev–Trinajstić information content (AvgIpc) is 2.81. The average molecular weight is 409 g/mol. The third-order valence-electron chi connectivity index (χ3n) is 5.29. The molecule has 4 aromatic rings. The summed E-state index contributed by atoms with van der Waals surface area (Å²) in [5, 5.41) is 4.90. The smallest absolute Gasteiger partial charge is 0.318 e. The lowest BCUT2D eigenvalue weighted by molar-refractivity contribution is -0.148. The number of nitrogens with one attached hydrogen (secondary N) is 1. The van der Waals surface area contributed by atoms with Gasteiger partial charge in [-0.1, -0.05) is 66.7 Å². The fraction of sp³-hybridized carbons (Fsp3) is 0.0769. The van der Waals surface area contributed by atoms with Gasteiger partial charge in [0.15, 0.2) is 6.61 Å². The summed E-state index contributed by atoms with van der Waals surface area (Å²) in [6.45, 7) is -0.368. The van der Waals surface area contributed by atoms with Crippen molar-refractivity contribution in [2.75, 3.05) is 11.9 Å². The van der Waals surface area contributed by atoms with Crippen LogP contribution in [-0.2, 0) is 14.3 Å². The zero-order valence-electron chi connectivity index (χ0n) is 16.6. The number of anilines is 1. The summed E-state index contributed by atoms with van der Waals surface area (Å²) in [5.74, 6) is -0.295. The van der Waals surface area contributed by atoms with Crippen LogP contribution in [0.4, 0.5) is 5.69 Å². The molecule has 0 spiro atoms. The third-order valence-corrected chi connectivity index (χ3v) is 5.29. The Morgan fingerprint density at radius 1 is 0.774 bits per heavy atom. The minimum absolute atomic E-state index is 0.368. The summed E-state index contributed by atoms with van der Waals surface area (Å²) in [6.07, 6.45) is 0. The molecule has 5 rings (SSSR count). The van der Waals surface area contributed by atoms with Gasteiger partial charge in [0.25, 0.3) is 5.91 Å². The Kier molecular flexibility index (Phi) is 4.84. The zero-order chi connectivity index (χ0) is 21.2. The number of rotatable bonds is 4. The maximum atomic E-state index is 13.0. The van der Waals surface area contributed by atoms with E-state index < -0.39 is 17.8 Å². The molecular weight excluding hydrogens is 390 g/mol. The number of carbonyl (C=O) groups is 2. The molecule has 0 saturated carbocycles. The molecule has 1 N–H and O–H groups in total. The minimum atomic E-state index is -0.644. The van der Waals surface area contributed by atoms with Crippen molar-refractivity contribution in [2.45, 2.75) is 5.92 Å². The predicted octanol–water partition coefficient (Wildman–Crippen LogP) is 5.26. The Bertz CT molecular complexity index is 1250. The second kappa shape index (κ2) is 7.95. The fourth-order valence-electron chi connectivity index (χ4n) is 3.85. The van der Waals surface area contributed by atoms with Crippen LogP contribution in [0.25, 0.3) is 10.8 Å². The second-order valence-corrected chi connectivity index (χ2v) is 7.33. The van der Waals surface area contributed by atoms with Gasteiger partial charge < -0.3 is 14.8 Å². The first-order chi connectivity index (χ1) is 15.2. The molecule has 0 atom stereocenters. The van der Waals surface area contributed by atoms with Gasteiger partial charge in [-0.05, 0) is 35.0 Å². The van der Waals surface area contributed by atoms with Gasteiger partial charge in [-0.2, -0.15) is 0 Å². The minimum Gasteiger partial charge on any atom is -0.457 e. The molecule has 0 saturated heterocycles. The molecule has 5 nitrogen and oxygen atoms in total. The first kappa shape index (κ1) is 18.9. The van der Waals surface area contributed by atoms with Gasteiger partial charge in [-0.15, -0.1) is 0 Å². The molecule has 4 aromatic carbocycles. The summed E-state index contributed by atoms with van der Waals surface area (Å²) in [7, 11) is 0. The Morgan fingerprint density at radius 3 is 2.10 bits per heavy atom. The fourth-order valence-corrected chi connectivity index (χ4v) is 3.85. The highest BCUT2D eigenvalue weighted by atomic mass is 16.5. The molecule has 5 heteroatoms. The Balaban J connectivity index is 1.31. The Hall–Kier alpha value is -4.12. The molecule has 0 bridgehead atoms. The zero-order valence-corrected chi connectivity index (χ0v) is 16.6. The number of carbonyl (C=O) groups excluding carboxylic acids is 2. The lowest BCUT2D eigenvalue weighted by Crippen LogP contribution is -2.26. The Morgan fingerprint density at radius 2 is 1.39 bits per heavy atom. The molecular formula is C26H19NO4. The number of benzene rings is 4. The largest absolute Gasteiger partial charge is 0.457 e. The number of hydrogen-bond acceptors (Lipinski definition) is 4. The van der Waals surface area contributed by atoms with Gasteiger partial charge in [-0.25, -0.2) is 0 Å². The van der Waals surface area contributed by atoms with Crippen molar-refractivity contribution in [1.82, 2.24) is 0 Å². The van der Waals surface area contributed by atoms with Crippen LogP contribution in [0.2, 0.25) is 0 Å². The van der Waals surface area contributed by atoms with Gasteiger partial charge in [0.2, 0.25) is 0 Å². The van der Waals surface area contributed by atoms with Gasteiger partial charge >= 0.3 is 5.97 Å². The highest BCUT2D eigenvalue weighted by molar-refractivity contribution is 5.96. The van der Waals surface area contributed by atoms with E-state index in [4.69, 9.17) is 9.47 Å². The second-order valence-electron chi connectivity index (χ2n) is 7.33. The van der Waals surface area contributed by atoms with Gasteiger partial charge in [0.1, 0.15) is 17.4 Å². The van der Waals surface area contributed by atoms with Crippen LogP contribution < -0.4 is 10.1 Å². The first-order valence-electron chi connectivity index (χ1n) is 10.00. The van der Waals surface area contributed by atoms with E-state index in [9.17, 15) is 9.59 Å². The molecule has 0 radical (unpaired) electrons. The van der Waals surface area contributed by atoms with Crippen molar-refractivity contribution in [3.05, 3.63) is 102 Å². The summed E-state index contributed by atoms with van der Waals surface area (Å²) in [5.41, 5.74) is 2.10. The van der Waals surface area contributed by atoms with E-state index in [-0.39, 0.29) is 6.61 Å². The summed E-state index contributed by atoms with van der Waals surface area (Å²) >= 11 is 0. The van der Waals surface area contributed by atoms with Crippen molar-refractivity contribution >= 4 is 28.3 Å². The number of para-hydroxylation sites is 2. The van der Waals surface area contributed by atoms with E-state index in [1.807, 2.05) is 91.0 Å². The topological polar surface area (TPSA) is 64.6 Å². The monoisotopic (exact) mass is 409 g/mol. The maximum absolute atomic E-state index is 13.0. The number of ether oxygens (including phenoxy) is 2. The standard InChI is InChI=1S/C26H19NO4/c28-24(27-19-14-13-17-7-1-2-8-18(17)15-19)16-30-26(29)25-20-9-3-5-11-22(20)31-23-12-6-4-10-21(23)25/h1-15,25H,16H2,(H,27,28). The molecule has 0 fully saturated rings. The summed E-state index contributed by atoms with van der Waals surface area (Å²) < 4.78 is 11.3. The molecule has 0 unspecified atom stereocenters. The van der Waals surface area contributed by atoms with Crippen LogP contribution in [0.3, 0.4) is 0 Å². The summed E-state index contributed by atoms with van der Waals surface area (Å²) in [6, 6.07) is 28.3. The number of esters is 1. The van der Waals surface area contributed by atoms with Crippen LogP contribution in [0.5, 0.6) is 11.5 Å². The van der Waals surface area contributed by atoms with Crippen molar-refractivity contribution in [3.8, 4) is 11.5 Å². The van der Waals surface area contributed by atoms with Crippen molar-refractivity contribution < 1.29 is 19.1 Å². The molecule has 0 aromatic heterocycles. The number of hydrogen-bond donors (Lipinski definition) is 1. The van der Waals surface area contributed by atoms with Gasteiger partial charge in [-0.3, -0.25) is 9.59 Å². The molecule has 1 heterocycles. The third kappa shape index (κ3) is 3.73. The van der Waals surface area contributed by atoms with E-state index in [0.717, 1.165) is 21.9 Å². The molecule has 1 aliphatic heterocycles. The SMILES string of the molecule is O=C(COC(=O)C1c2ccccc2Oc2ccccc21)Nc1ccc2ccccc2c1. The number of amides is 1. The highest BCUT2D eigenvalue weighted by Gasteiger charge is 2.33. The molecule has 0 aliphatic carbocycles. The van der Waals surface area contributed by atoms with E-state index in [1.54, 1.807) is 0 Å². The first-order valence-corrected chi connectivity index (χ1v) is 10.00. The predicted molar refractivity (Wildman–Crippen MR) is 118 cm³/mol. The van der Waals surface area contributed by atoms with Crippen molar-refractivity contribution in [2.24, 2.45) is 0 Å². The Labute approximate surface area is 179 Å². The van der Waals surface area contributed by atoms with Crippen molar-refractivity contribution in [3.63, 3.8) is 0 Å². The van der Waals surface area contributed by atoms with Crippen LogP contribution in [-0.4, -0.2) is 18.5 Å². The molecule has 152 valence electrons. The van der Waals surface area contributed by atoms with E-state index in [2.05, 4.69) is 5.32 Å². The lowest BCUT2D eigenvalue weighted by Gasteiger charge is -2.26. The number of fused-ring (bicyclic) bond motifs is 3. The molecule has 31 heavy (non-hydrogen) atoms. The maximum Gasteiger partial charge on any atom is 0.318 e. The van der Waals surface area contributed by atoms with Crippen molar-refractivity contribution in [1.29, 1.82) is 0 Å². The molecule has 1 amide bonds. The highest BCUT2D eigenvalue weighted by Crippen LogP contribution is 2.44. The summed E-state index contributed by atoms with van der Waals surface area (Å²) in [4.78, 5) is 25.4. The van der Waals surface area contributed by atoms with Crippen LogP contribution in [0.15, 0.2) is 91.0 Å². The normalized spacial score (nSPS) is 12.4. The van der Waals surface area contributed by atoms with Crippen LogP contribution in [0.1, 0.15) is 17.0 Å². The van der Waals surface area contributed by atoms with Crippen LogP contribution in [0, 0.1) is 0 Å². The lowest BCUT2D eigenvalue weighted by atomic mass is 9.88.